The van der Waals surface area contributed by atoms with Gasteiger partial charge in [-0.25, -0.2) is 4.98 Å². The van der Waals surface area contributed by atoms with Crippen LogP contribution in [0.15, 0.2) is 41.8 Å². The molecule has 0 aliphatic heterocycles. The van der Waals surface area contributed by atoms with Gasteiger partial charge in [0.1, 0.15) is 5.75 Å². The van der Waals surface area contributed by atoms with Gasteiger partial charge in [0, 0.05) is 16.6 Å². The van der Waals surface area contributed by atoms with Gasteiger partial charge in [-0.1, -0.05) is 29.8 Å². The lowest BCUT2D eigenvalue weighted by molar-refractivity contribution is -0.122. The number of aromatic nitrogens is 1. The number of hydrogen-bond donors (Lipinski definition) is 2. The molecule has 27 heavy (non-hydrogen) atoms. The number of anilines is 2. The minimum Gasteiger partial charge on any atom is -0.480 e. The molecule has 1 unspecified atom stereocenters. The van der Waals surface area contributed by atoms with Crippen molar-refractivity contribution in [3.05, 3.63) is 58.5 Å². The summed E-state index contributed by atoms with van der Waals surface area (Å²) in [5, 5.41) is 5.36. The molecule has 3 rings (SSSR count). The Balaban J connectivity index is 1.78. The first kappa shape index (κ1) is 18.9. The van der Waals surface area contributed by atoms with Gasteiger partial charge in [0.05, 0.1) is 5.69 Å². The van der Waals surface area contributed by atoms with E-state index in [0.29, 0.717) is 10.9 Å². The number of carbonyl (C=O) groups excluding carboxylic acids is 1. The number of hydrogen-bond acceptors (Lipinski definition) is 5. The second-order valence-electron chi connectivity index (χ2n) is 6.59. The van der Waals surface area contributed by atoms with Crippen molar-refractivity contribution in [2.75, 3.05) is 11.1 Å². The average Bonchev–Trinajstić information content (AvgIpc) is 3.04. The van der Waals surface area contributed by atoms with Gasteiger partial charge in [-0.2, -0.15) is 0 Å². The molecule has 1 aromatic heterocycles. The highest BCUT2D eigenvalue weighted by Gasteiger charge is 2.19. The maximum absolute atomic E-state index is 12.7. The highest BCUT2D eigenvalue weighted by Crippen LogP contribution is 2.32. The number of carbonyl (C=O) groups is 1. The van der Waals surface area contributed by atoms with Crippen molar-refractivity contribution in [2.24, 2.45) is 0 Å². The van der Waals surface area contributed by atoms with E-state index in [-0.39, 0.29) is 5.91 Å². The topological polar surface area (TPSA) is 77.2 Å². The molecule has 0 fully saturated rings. The first-order valence-corrected chi connectivity index (χ1v) is 9.59. The summed E-state index contributed by atoms with van der Waals surface area (Å²) in [4.78, 5) is 17.0. The number of nitrogen functional groups attached to an aromatic ring is 1. The predicted molar refractivity (Wildman–Crippen MR) is 111 cm³/mol. The predicted octanol–water partition coefficient (Wildman–Crippen LogP) is 4.72. The van der Waals surface area contributed by atoms with Crippen LogP contribution in [0.3, 0.4) is 0 Å². The number of benzene rings is 2. The number of aryl methyl sites for hydroxylation is 3. The lowest BCUT2D eigenvalue weighted by Crippen LogP contribution is -2.30. The SMILES string of the molecule is Cc1cc(C)c(NC(=O)C(C)Oc2ccccc2-c2csc(N)n2)c(C)c1. The molecular weight excluding hydrogens is 358 g/mol. The third-order valence-corrected chi connectivity index (χ3v) is 4.96. The van der Waals surface area contributed by atoms with E-state index in [0.717, 1.165) is 28.1 Å². The second kappa shape index (κ2) is 7.80. The Morgan fingerprint density at radius 2 is 1.85 bits per heavy atom. The van der Waals surface area contributed by atoms with E-state index in [2.05, 4.69) is 22.4 Å². The number of thiazole rings is 1. The van der Waals surface area contributed by atoms with Gasteiger partial charge in [-0.15, -0.1) is 11.3 Å². The molecule has 0 spiro atoms. The maximum atomic E-state index is 12.7. The van der Waals surface area contributed by atoms with Crippen molar-refractivity contribution in [3.8, 4) is 17.0 Å². The van der Waals surface area contributed by atoms with Crippen molar-refractivity contribution >= 4 is 28.1 Å². The van der Waals surface area contributed by atoms with Crippen molar-refractivity contribution in [3.63, 3.8) is 0 Å². The van der Waals surface area contributed by atoms with Crippen LogP contribution >= 0.6 is 11.3 Å². The van der Waals surface area contributed by atoms with Crippen molar-refractivity contribution < 1.29 is 9.53 Å². The number of amides is 1. The Kier molecular flexibility index (Phi) is 5.46. The molecule has 5 nitrogen and oxygen atoms in total. The Bertz CT molecular complexity index is 958. The molecule has 0 saturated carbocycles. The fourth-order valence-corrected chi connectivity index (χ4v) is 3.60. The van der Waals surface area contributed by atoms with Crippen LogP contribution in [0.1, 0.15) is 23.6 Å². The molecule has 0 radical (unpaired) electrons. The molecule has 3 N–H and O–H groups in total. The normalized spacial score (nSPS) is 11.9. The third kappa shape index (κ3) is 4.28. The van der Waals surface area contributed by atoms with Crippen molar-refractivity contribution in [1.29, 1.82) is 0 Å². The number of nitrogens with zero attached hydrogens (tertiary/aromatic N) is 1. The summed E-state index contributed by atoms with van der Waals surface area (Å²) in [5.41, 5.74) is 11.4. The van der Waals surface area contributed by atoms with E-state index < -0.39 is 6.10 Å². The molecule has 0 bridgehead atoms. The van der Waals surface area contributed by atoms with Crippen LogP contribution < -0.4 is 15.8 Å². The van der Waals surface area contributed by atoms with E-state index in [4.69, 9.17) is 10.5 Å². The van der Waals surface area contributed by atoms with Crippen LogP contribution in [0.25, 0.3) is 11.3 Å². The number of nitrogens with one attached hydrogen (secondary N) is 1. The van der Waals surface area contributed by atoms with Gasteiger partial charge in [-0.3, -0.25) is 4.79 Å². The maximum Gasteiger partial charge on any atom is 0.265 e. The smallest absolute Gasteiger partial charge is 0.265 e. The van der Waals surface area contributed by atoms with Gasteiger partial charge in [0.15, 0.2) is 11.2 Å². The van der Waals surface area contributed by atoms with Crippen LogP contribution in [0, 0.1) is 20.8 Å². The minimum absolute atomic E-state index is 0.197. The monoisotopic (exact) mass is 381 g/mol. The van der Waals surface area contributed by atoms with Gasteiger partial charge >= 0.3 is 0 Å². The quantitative estimate of drug-likeness (QED) is 0.670. The van der Waals surface area contributed by atoms with Crippen molar-refractivity contribution in [2.45, 2.75) is 33.8 Å². The summed E-state index contributed by atoms with van der Waals surface area (Å²) in [5.74, 6) is 0.403. The molecule has 140 valence electrons. The first-order valence-electron chi connectivity index (χ1n) is 8.71. The van der Waals surface area contributed by atoms with Gasteiger partial charge < -0.3 is 15.8 Å². The van der Waals surface area contributed by atoms with Crippen LogP contribution in [0.4, 0.5) is 10.8 Å². The zero-order valence-electron chi connectivity index (χ0n) is 15.9. The van der Waals surface area contributed by atoms with Gasteiger partial charge in [-0.05, 0) is 51.0 Å². The lowest BCUT2D eigenvalue weighted by atomic mass is 10.0. The van der Waals surface area contributed by atoms with Crippen LogP contribution in [0.5, 0.6) is 5.75 Å². The summed E-state index contributed by atoms with van der Waals surface area (Å²) in [7, 11) is 0. The average molecular weight is 382 g/mol. The van der Waals surface area contributed by atoms with E-state index >= 15 is 0 Å². The standard InChI is InChI=1S/C21H23N3O2S/c1-12-9-13(2)19(14(3)10-12)24-20(25)15(4)26-18-8-6-5-7-16(18)17-11-27-21(22)23-17/h5-11,15H,1-4H3,(H2,22,23)(H,24,25). The number of para-hydroxylation sites is 1. The van der Waals surface area contributed by atoms with Crippen LogP contribution in [-0.4, -0.2) is 17.0 Å². The van der Waals surface area contributed by atoms with Crippen molar-refractivity contribution in [1.82, 2.24) is 4.98 Å². The summed E-state index contributed by atoms with van der Waals surface area (Å²) >= 11 is 1.37. The molecular formula is C21H23N3O2S. The van der Waals surface area contributed by atoms with E-state index in [1.807, 2.05) is 50.4 Å². The molecule has 0 saturated heterocycles. The number of ether oxygens (including phenoxy) is 1. The minimum atomic E-state index is -0.665. The van der Waals surface area contributed by atoms with Gasteiger partial charge in [0.25, 0.3) is 5.91 Å². The van der Waals surface area contributed by atoms with Crippen LogP contribution in [0.2, 0.25) is 0 Å². The lowest BCUT2D eigenvalue weighted by Gasteiger charge is -2.19. The summed E-state index contributed by atoms with van der Waals surface area (Å²) < 4.78 is 5.96. The molecule has 0 aliphatic carbocycles. The molecule has 0 aliphatic rings. The highest BCUT2D eigenvalue weighted by atomic mass is 32.1. The number of rotatable bonds is 5. The Hall–Kier alpha value is -2.86. The molecule has 2 aromatic carbocycles. The Labute approximate surface area is 163 Å². The molecule has 1 atom stereocenters. The molecule has 3 aromatic rings. The van der Waals surface area contributed by atoms with E-state index in [1.165, 1.54) is 16.9 Å². The fraction of sp³-hybridized carbons (Fsp3) is 0.238. The zero-order valence-corrected chi connectivity index (χ0v) is 16.7. The largest absolute Gasteiger partial charge is 0.480 e. The third-order valence-electron chi connectivity index (χ3n) is 4.28. The van der Waals surface area contributed by atoms with Gasteiger partial charge in [0.2, 0.25) is 0 Å². The highest BCUT2D eigenvalue weighted by molar-refractivity contribution is 7.13. The fourth-order valence-electron chi connectivity index (χ4n) is 3.04. The Morgan fingerprint density at radius 3 is 2.48 bits per heavy atom. The summed E-state index contributed by atoms with van der Waals surface area (Å²) in [6.07, 6.45) is -0.665. The molecule has 1 amide bonds. The summed E-state index contributed by atoms with van der Waals surface area (Å²) in [6.45, 7) is 7.76. The van der Waals surface area contributed by atoms with E-state index in [9.17, 15) is 4.79 Å². The van der Waals surface area contributed by atoms with E-state index in [1.54, 1.807) is 6.92 Å². The zero-order chi connectivity index (χ0) is 19.6. The first-order chi connectivity index (χ1) is 12.8. The number of nitrogens with two attached hydrogens (primary N) is 1. The summed E-state index contributed by atoms with van der Waals surface area (Å²) in [6, 6.07) is 11.6. The molecule has 6 heteroatoms. The van der Waals surface area contributed by atoms with Crippen LogP contribution in [-0.2, 0) is 4.79 Å². The second-order valence-corrected chi connectivity index (χ2v) is 7.48. The molecule has 1 heterocycles. The Morgan fingerprint density at radius 1 is 1.19 bits per heavy atom.